The summed E-state index contributed by atoms with van der Waals surface area (Å²) in [5, 5.41) is 3.78. The van der Waals surface area contributed by atoms with Crippen LogP contribution in [0.2, 0.25) is 0 Å². The highest BCUT2D eigenvalue weighted by Crippen LogP contribution is 2.27. The first-order valence-electron chi connectivity index (χ1n) is 10.5. The van der Waals surface area contributed by atoms with Gasteiger partial charge in [0.1, 0.15) is 6.33 Å². The highest BCUT2D eigenvalue weighted by molar-refractivity contribution is 5.86. The molecule has 0 aliphatic carbocycles. The molecule has 1 atom stereocenters. The van der Waals surface area contributed by atoms with Crippen molar-refractivity contribution in [3.8, 4) is 5.88 Å². The van der Waals surface area contributed by atoms with Gasteiger partial charge in [0.15, 0.2) is 6.61 Å². The predicted molar refractivity (Wildman–Crippen MR) is 110 cm³/mol. The molecule has 0 radical (unpaired) electrons. The first kappa shape index (κ1) is 20.7. The van der Waals surface area contributed by atoms with Crippen molar-refractivity contribution in [2.45, 2.75) is 38.2 Å². The molecule has 0 spiro atoms. The van der Waals surface area contributed by atoms with Gasteiger partial charge in [-0.3, -0.25) is 9.69 Å². The van der Waals surface area contributed by atoms with Crippen molar-refractivity contribution in [3.05, 3.63) is 24.5 Å². The van der Waals surface area contributed by atoms with E-state index in [0.29, 0.717) is 17.3 Å². The number of halogens is 2. The molecule has 9 heteroatoms. The minimum atomic E-state index is -2.55. The van der Waals surface area contributed by atoms with Gasteiger partial charge in [-0.25, -0.2) is 18.7 Å². The maximum atomic E-state index is 12.5. The van der Waals surface area contributed by atoms with Crippen LogP contribution in [0.1, 0.15) is 25.7 Å². The molecule has 7 nitrogen and oxygen atoms in total. The van der Waals surface area contributed by atoms with Gasteiger partial charge in [0.05, 0.1) is 10.9 Å². The van der Waals surface area contributed by atoms with Crippen LogP contribution in [0.4, 0.5) is 14.5 Å². The maximum absolute atomic E-state index is 12.5. The molecule has 0 bridgehead atoms. The van der Waals surface area contributed by atoms with E-state index in [4.69, 9.17) is 4.74 Å². The lowest BCUT2D eigenvalue weighted by molar-refractivity contribution is -0.121. The molecule has 1 unspecified atom stereocenters. The molecule has 1 aromatic carbocycles. The molecular weight excluding hydrogens is 392 g/mol. The summed E-state index contributed by atoms with van der Waals surface area (Å²) in [5.74, 6) is 0.351. The minimum Gasteiger partial charge on any atom is -0.471 e. The van der Waals surface area contributed by atoms with E-state index in [0.717, 1.165) is 57.7 Å². The fourth-order valence-corrected chi connectivity index (χ4v) is 4.16. The van der Waals surface area contributed by atoms with Gasteiger partial charge >= 0.3 is 0 Å². The fourth-order valence-electron chi connectivity index (χ4n) is 4.16. The zero-order valence-electron chi connectivity index (χ0n) is 16.9. The monoisotopic (exact) mass is 419 g/mol. The van der Waals surface area contributed by atoms with E-state index in [1.807, 2.05) is 18.2 Å². The van der Waals surface area contributed by atoms with Crippen molar-refractivity contribution < 1.29 is 18.3 Å². The van der Waals surface area contributed by atoms with E-state index in [2.05, 4.69) is 25.1 Å². The van der Waals surface area contributed by atoms with Crippen LogP contribution in [0, 0.1) is 0 Å². The summed E-state index contributed by atoms with van der Waals surface area (Å²) < 4.78 is 30.3. The molecule has 1 amide bonds. The number of hydrogen-bond acceptors (Lipinski definition) is 6. The number of aromatic nitrogens is 2. The van der Waals surface area contributed by atoms with Crippen molar-refractivity contribution in [2.75, 3.05) is 44.2 Å². The van der Waals surface area contributed by atoms with Gasteiger partial charge in [-0.1, -0.05) is 6.42 Å². The third-order valence-electron chi connectivity index (χ3n) is 5.72. The predicted octanol–water partition coefficient (Wildman–Crippen LogP) is 2.45. The van der Waals surface area contributed by atoms with Gasteiger partial charge in [0.25, 0.3) is 6.43 Å². The fraction of sp³-hybridized carbons (Fsp3) is 0.571. The number of alkyl halides is 2. The van der Waals surface area contributed by atoms with Crippen LogP contribution < -0.4 is 15.0 Å². The highest BCUT2D eigenvalue weighted by Gasteiger charge is 2.23. The molecule has 4 rings (SSSR count). The SMILES string of the molecule is O=C1CCCCC(CN2CCN(c3ccc4ncnc(OCC(F)F)c4c3)CC2)N1. The van der Waals surface area contributed by atoms with Gasteiger partial charge in [-0.15, -0.1) is 0 Å². The number of benzene rings is 1. The molecule has 0 saturated carbocycles. The van der Waals surface area contributed by atoms with E-state index in [9.17, 15) is 13.6 Å². The zero-order valence-corrected chi connectivity index (χ0v) is 16.9. The van der Waals surface area contributed by atoms with Crippen LogP contribution in [-0.2, 0) is 4.79 Å². The van der Waals surface area contributed by atoms with E-state index in [1.54, 1.807) is 0 Å². The molecular formula is C21H27F2N5O2. The number of rotatable bonds is 6. The molecule has 2 fully saturated rings. The molecule has 2 aromatic rings. The smallest absolute Gasteiger partial charge is 0.272 e. The lowest BCUT2D eigenvalue weighted by atomic mass is 10.1. The summed E-state index contributed by atoms with van der Waals surface area (Å²) in [6, 6.07) is 6.01. The lowest BCUT2D eigenvalue weighted by Crippen LogP contribution is -2.51. The van der Waals surface area contributed by atoms with Gasteiger partial charge < -0.3 is 15.0 Å². The Labute approximate surface area is 174 Å². The molecule has 3 heterocycles. The average Bonchev–Trinajstić information content (AvgIpc) is 2.96. The quantitative estimate of drug-likeness (QED) is 0.776. The summed E-state index contributed by atoms with van der Waals surface area (Å²) in [5.41, 5.74) is 1.67. The third kappa shape index (κ3) is 5.13. The molecule has 30 heavy (non-hydrogen) atoms. The Morgan fingerprint density at radius 2 is 2.00 bits per heavy atom. The average molecular weight is 419 g/mol. The number of nitrogens with one attached hydrogen (secondary N) is 1. The van der Waals surface area contributed by atoms with Gasteiger partial charge in [-0.05, 0) is 31.0 Å². The summed E-state index contributed by atoms with van der Waals surface area (Å²) in [7, 11) is 0. The van der Waals surface area contributed by atoms with Crippen molar-refractivity contribution in [3.63, 3.8) is 0 Å². The first-order chi connectivity index (χ1) is 14.6. The second-order valence-electron chi connectivity index (χ2n) is 7.88. The maximum Gasteiger partial charge on any atom is 0.272 e. The molecule has 2 saturated heterocycles. The van der Waals surface area contributed by atoms with Crippen molar-refractivity contribution in [1.29, 1.82) is 0 Å². The van der Waals surface area contributed by atoms with Crippen LogP contribution in [0.3, 0.4) is 0 Å². The standard InChI is InChI=1S/C21H27F2N5O2/c22-19(23)13-30-21-17-11-16(5-6-18(17)24-14-25-21)28-9-7-27(8-10-28)12-15-3-1-2-4-20(29)26-15/h5-6,11,14-15,19H,1-4,7-10,12-13H2,(H,26,29). The van der Waals surface area contributed by atoms with Crippen LogP contribution in [0.25, 0.3) is 10.9 Å². The normalized spacial score (nSPS) is 21.0. The Hall–Kier alpha value is -2.55. The molecule has 1 aromatic heterocycles. The Morgan fingerprint density at radius 1 is 1.17 bits per heavy atom. The minimum absolute atomic E-state index is 0.166. The van der Waals surface area contributed by atoms with E-state index in [1.165, 1.54) is 6.33 Å². The number of carbonyl (C=O) groups excluding carboxylic acids is 1. The van der Waals surface area contributed by atoms with E-state index >= 15 is 0 Å². The van der Waals surface area contributed by atoms with Gasteiger partial charge in [0, 0.05) is 50.9 Å². The Kier molecular flexibility index (Phi) is 6.56. The Bertz CT molecular complexity index is 874. The van der Waals surface area contributed by atoms with Crippen LogP contribution >= 0.6 is 0 Å². The van der Waals surface area contributed by atoms with Crippen molar-refractivity contribution in [1.82, 2.24) is 20.2 Å². The number of nitrogens with zero attached hydrogens (tertiary/aromatic N) is 4. The summed E-state index contributed by atoms with van der Waals surface area (Å²) in [4.78, 5) is 24.7. The summed E-state index contributed by atoms with van der Waals surface area (Å²) >= 11 is 0. The Morgan fingerprint density at radius 3 is 2.80 bits per heavy atom. The van der Waals surface area contributed by atoms with E-state index in [-0.39, 0.29) is 17.8 Å². The first-order valence-corrected chi connectivity index (χ1v) is 10.5. The number of fused-ring (bicyclic) bond motifs is 1. The number of hydrogen-bond donors (Lipinski definition) is 1. The van der Waals surface area contributed by atoms with Gasteiger partial charge in [-0.2, -0.15) is 0 Å². The number of amides is 1. The topological polar surface area (TPSA) is 70.6 Å². The molecule has 2 aliphatic heterocycles. The summed E-state index contributed by atoms with van der Waals surface area (Å²) in [6.07, 6.45) is 2.53. The number of ether oxygens (including phenoxy) is 1. The number of carbonyl (C=O) groups is 1. The van der Waals surface area contributed by atoms with Crippen LogP contribution in [-0.4, -0.2) is 72.6 Å². The van der Waals surface area contributed by atoms with Crippen molar-refractivity contribution >= 4 is 22.5 Å². The van der Waals surface area contributed by atoms with Crippen molar-refractivity contribution in [2.24, 2.45) is 0 Å². The van der Waals surface area contributed by atoms with Gasteiger partial charge in [0.2, 0.25) is 11.8 Å². The number of piperazine rings is 1. The number of anilines is 1. The van der Waals surface area contributed by atoms with Crippen LogP contribution in [0.15, 0.2) is 24.5 Å². The Balaban J connectivity index is 1.39. The molecule has 162 valence electrons. The molecule has 2 aliphatic rings. The van der Waals surface area contributed by atoms with E-state index < -0.39 is 13.0 Å². The zero-order chi connectivity index (χ0) is 20.9. The molecule has 1 N–H and O–H groups in total. The largest absolute Gasteiger partial charge is 0.471 e. The lowest BCUT2D eigenvalue weighted by Gasteiger charge is -2.37. The summed E-state index contributed by atoms with van der Waals surface area (Å²) in [6.45, 7) is 3.72. The second kappa shape index (κ2) is 9.51. The van der Waals surface area contributed by atoms with Crippen LogP contribution in [0.5, 0.6) is 5.88 Å². The third-order valence-corrected chi connectivity index (χ3v) is 5.72. The highest BCUT2D eigenvalue weighted by atomic mass is 19.3. The second-order valence-corrected chi connectivity index (χ2v) is 7.88.